The predicted octanol–water partition coefficient (Wildman–Crippen LogP) is 4.78. The van der Waals surface area contributed by atoms with Crippen molar-refractivity contribution in [3.63, 3.8) is 0 Å². The molecule has 4 heteroatoms. The topological polar surface area (TPSA) is 38.0 Å². The van der Waals surface area contributed by atoms with Gasteiger partial charge in [-0.3, -0.25) is 0 Å². The fraction of sp³-hybridized carbons (Fsp3) is 0.250. The Labute approximate surface area is 133 Å². The van der Waals surface area contributed by atoms with E-state index in [-0.39, 0.29) is 6.04 Å². The smallest absolute Gasteiger partial charge is 0.0638 e. The molecule has 0 aliphatic rings. The summed E-state index contributed by atoms with van der Waals surface area (Å²) in [5.74, 6) is 0. The van der Waals surface area contributed by atoms with Crippen LogP contribution in [0.25, 0.3) is 0 Å². The lowest BCUT2D eigenvalue weighted by atomic mass is 9.98. The van der Waals surface area contributed by atoms with Crippen molar-refractivity contribution >= 4 is 33.2 Å². The third-order valence-electron chi connectivity index (χ3n) is 3.31. The molecule has 0 aromatic heterocycles. The molecule has 0 amide bonds. The summed E-state index contributed by atoms with van der Waals surface area (Å²) in [5, 5.41) is 4.18. The standard InChI is InChI=1S/C16H18BrClN2/c1-2-11-5-3-4-6-13(11)16(10-19)20-12-7-8-15(18)14(17)9-12/h3-9,16,20H,2,10,19H2,1H3. The molecule has 0 bridgehead atoms. The molecule has 0 aliphatic carbocycles. The molecular weight excluding hydrogens is 336 g/mol. The molecule has 0 heterocycles. The van der Waals surface area contributed by atoms with Gasteiger partial charge in [-0.05, 0) is 51.7 Å². The average Bonchev–Trinajstić information content (AvgIpc) is 2.48. The first-order chi connectivity index (χ1) is 9.65. The number of hydrogen-bond acceptors (Lipinski definition) is 2. The van der Waals surface area contributed by atoms with Crippen LogP contribution < -0.4 is 11.1 Å². The van der Waals surface area contributed by atoms with Crippen LogP contribution in [-0.4, -0.2) is 6.54 Å². The van der Waals surface area contributed by atoms with E-state index in [0.717, 1.165) is 16.6 Å². The summed E-state index contributed by atoms with van der Waals surface area (Å²) in [4.78, 5) is 0. The molecule has 0 saturated carbocycles. The van der Waals surface area contributed by atoms with Gasteiger partial charge in [-0.2, -0.15) is 0 Å². The Hall–Kier alpha value is -1.03. The van der Waals surface area contributed by atoms with Gasteiger partial charge in [0.15, 0.2) is 0 Å². The van der Waals surface area contributed by atoms with Crippen molar-refractivity contribution in [3.05, 3.63) is 63.1 Å². The van der Waals surface area contributed by atoms with Gasteiger partial charge in [-0.15, -0.1) is 0 Å². The molecule has 2 nitrogen and oxygen atoms in total. The van der Waals surface area contributed by atoms with Crippen molar-refractivity contribution in [2.24, 2.45) is 5.73 Å². The number of aryl methyl sites for hydroxylation is 1. The maximum atomic E-state index is 6.02. The van der Waals surface area contributed by atoms with E-state index >= 15 is 0 Å². The molecule has 0 fully saturated rings. The molecule has 0 saturated heterocycles. The number of rotatable bonds is 5. The Bertz CT molecular complexity index is 586. The second kappa shape index (κ2) is 7.11. The van der Waals surface area contributed by atoms with E-state index in [9.17, 15) is 0 Å². The van der Waals surface area contributed by atoms with Crippen LogP contribution in [0.15, 0.2) is 46.9 Å². The van der Waals surface area contributed by atoms with Crippen molar-refractivity contribution in [1.29, 1.82) is 0 Å². The summed E-state index contributed by atoms with van der Waals surface area (Å²) in [6, 6.07) is 14.3. The van der Waals surface area contributed by atoms with Gasteiger partial charge in [0.1, 0.15) is 0 Å². The van der Waals surface area contributed by atoms with Crippen LogP contribution in [0.2, 0.25) is 5.02 Å². The van der Waals surface area contributed by atoms with Crippen LogP contribution in [0.1, 0.15) is 24.1 Å². The third kappa shape index (κ3) is 3.54. The zero-order chi connectivity index (χ0) is 14.5. The predicted molar refractivity (Wildman–Crippen MR) is 90.4 cm³/mol. The van der Waals surface area contributed by atoms with Gasteiger partial charge in [-0.1, -0.05) is 42.8 Å². The fourth-order valence-corrected chi connectivity index (χ4v) is 2.74. The maximum absolute atomic E-state index is 6.02. The molecule has 3 N–H and O–H groups in total. The highest BCUT2D eigenvalue weighted by molar-refractivity contribution is 9.10. The van der Waals surface area contributed by atoms with Crippen LogP contribution in [-0.2, 0) is 6.42 Å². The molecule has 1 atom stereocenters. The number of halogens is 2. The molecule has 20 heavy (non-hydrogen) atoms. The number of hydrogen-bond donors (Lipinski definition) is 2. The second-order valence-electron chi connectivity index (χ2n) is 4.61. The first-order valence-electron chi connectivity index (χ1n) is 6.65. The molecule has 1 unspecified atom stereocenters. The minimum absolute atomic E-state index is 0.0965. The van der Waals surface area contributed by atoms with Crippen molar-refractivity contribution < 1.29 is 0 Å². The first kappa shape index (κ1) is 15.4. The highest BCUT2D eigenvalue weighted by Gasteiger charge is 2.13. The summed E-state index contributed by atoms with van der Waals surface area (Å²) < 4.78 is 0.878. The molecule has 2 aromatic rings. The normalized spacial score (nSPS) is 12.2. The number of nitrogens with one attached hydrogen (secondary N) is 1. The summed E-state index contributed by atoms with van der Waals surface area (Å²) >= 11 is 9.46. The molecule has 0 radical (unpaired) electrons. The molecule has 2 rings (SSSR count). The Balaban J connectivity index is 2.26. The minimum Gasteiger partial charge on any atom is -0.377 e. The SMILES string of the molecule is CCc1ccccc1C(CN)Nc1ccc(Cl)c(Br)c1. The quantitative estimate of drug-likeness (QED) is 0.812. The lowest BCUT2D eigenvalue weighted by Gasteiger charge is -2.21. The molecule has 0 aliphatic heterocycles. The summed E-state index contributed by atoms with van der Waals surface area (Å²) in [6.45, 7) is 2.70. The molecular formula is C16H18BrClN2. The van der Waals surface area contributed by atoms with Gasteiger partial charge in [0.25, 0.3) is 0 Å². The van der Waals surface area contributed by atoms with E-state index in [1.165, 1.54) is 11.1 Å². The maximum Gasteiger partial charge on any atom is 0.0638 e. The zero-order valence-corrected chi connectivity index (χ0v) is 13.7. The van der Waals surface area contributed by atoms with Crippen LogP contribution in [0, 0.1) is 0 Å². The zero-order valence-electron chi connectivity index (χ0n) is 11.4. The fourth-order valence-electron chi connectivity index (χ4n) is 2.25. The number of nitrogens with two attached hydrogens (primary N) is 1. The Morgan fingerprint density at radius 2 is 2.00 bits per heavy atom. The van der Waals surface area contributed by atoms with E-state index in [0.29, 0.717) is 11.6 Å². The molecule has 2 aromatic carbocycles. The summed E-state index contributed by atoms with van der Waals surface area (Å²) in [7, 11) is 0. The van der Waals surface area contributed by atoms with E-state index in [1.807, 2.05) is 18.2 Å². The first-order valence-corrected chi connectivity index (χ1v) is 7.82. The van der Waals surface area contributed by atoms with Crippen LogP contribution in [0.5, 0.6) is 0 Å². The Morgan fingerprint density at radius 1 is 1.25 bits per heavy atom. The van der Waals surface area contributed by atoms with E-state index in [4.69, 9.17) is 17.3 Å². The monoisotopic (exact) mass is 352 g/mol. The minimum atomic E-state index is 0.0965. The Morgan fingerprint density at radius 3 is 2.65 bits per heavy atom. The largest absolute Gasteiger partial charge is 0.377 e. The Kier molecular flexibility index (Phi) is 5.46. The van der Waals surface area contributed by atoms with Gasteiger partial charge in [-0.25, -0.2) is 0 Å². The average molecular weight is 354 g/mol. The van der Waals surface area contributed by atoms with Gasteiger partial charge in [0.2, 0.25) is 0 Å². The third-order valence-corrected chi connectivity index (χ3v) is 4.52. The lowest BCUT2D eigenvalue weighted by molar-refractivity contribution is 0.777. The lowest BCUT2D eigenvalue weighted by Crippen LogP contribution is -2.21. The van der Waals surface area contributed by atoms with E-state index < -0.39 is 0 Å². The van der Waals surface area contributed by atoms with Crippen LogP contribution in [0.4, 0.5) is 5.69 Å². The van der Waals surface area contributed by atoms with Gasteiger partial charge in [0, 0.05) is 16.7 Å². The number of benzene rings is 2. The highest BCUT2D eigenvalue weighted by Crippen LogP contribution is 2.28. The van der Waals surface area contributed by atoms with Crippen LogP contribution >= 0.6 is 27.5 Å². The van der Waals surface area contributed by atoms with E-state index in [2.05, 4.69) is 52.4 Å². The van der Waals surface area contributed by atoms with Gasteiger partial charge >= 0.3 is 0 Å². The summed E-state index contributed by atoms with van der Waals surface area (Å²) in [5.41, 5.74) is 9.52. The highest BCUT2D eigenvalue weighted by atomic mass is 79.9. The van der Waals surface area contributed by atoms with E-state index in [1.54, 1.807) is 0 Å². The molecule has 0 spiro atoms. The van der Waals surface area contributed by atoms with Crippen molar-refractivity contribution in [2.45, 2.75) is 19.4 Å². The second-order valence-corrected chi connectivity index (χ2v) is 5.88. The van der Waals surface area contributed by atoms with Crippen LogP contribution in [0.3, 0.4) is 0 Å². The van der Waals surface area contributed by atoms with Crippen molar-refractivity contribution in [2.75, 3.05) is 11.9 Å². The van der Waals surface area contributed by atoms with Crippen molar-refractivity contribution in [1.82, 2.24) is 0 Å². The number of anilines is 1. The molecule has 106 valence electrons. The van der Waals surface area contributed by atoms with Crippen molar-refractivity contribution in [3.8, 4) is 0 Å². The van der Waals surface area contributed by atoms with Gasteiger partial charge in [0.05, 0.1) is 11.1 Å². The van der Waals surface area contributed by atoms with Gasteiger partial charge < -0.3 is 11.1 Å². The summed E-state index contributed by atoms with van der Waals surface area (Å²) in [6.07, 6.45) is 0.999.